The predicted molar refractivity (Wildman–Crippen MR) is 99.2 cm³/mol. The van der Waals surface area contributed by atoms with Crippen LogP contribution in [0.3, 0.4) is 0 Å². The van der Waals surface area contributed by atoms with Crippen LogP contribution in [0.5, 0.6) is 0 Å². The highest BCUT2D eigenvalue weighted by molar-refractivity contribution is 6.03. The maximum Gasteiger partial charge on any atom is 0.337 e. The Bertz CT molecular complexity index is 863. The van der Waals surface area contributed by atoms with Crippen LogP contribution in [0, 0.1) is 5.92 Å². The summed E-state index contributed by atoms with van der Waals surface area (Å²) in [7, 11) is 1.31. The van der Waals surface area contributed by atoms with Gasteiger partial charge in [0.1, 0.15) is 5.92 Å². The van der Waals surface area contributed by atoms with Crippen molar-refractivity contribution < 1.29 is 19.1 Å². The number of rotatable bonds is 5. The summed E-state index contributed by atoms with van der Waals surface area (Å²) >= 11 is 0. The van der Waals surface area contributed by atoms with Gasteiger partial charge in [0.2, 0.25) is 5.91 Å². The van der Waals surface area contributed by atoms with E-state index in [0.717, 1.165) is 5.56 Å². The van der Waals surface area contributed by atoms with E-state index >= 15 is 0 Å². The molecule has 138 valence electrons. The topological polar surface area (TPSA) is 96.9 Å². The van der Waals surface area contributed by atoms with Crippen LogP contribution in [0.15, 0.2) is 59.7 Å². The molecule has 0 bridgehead atoms. The second kappa shape index (κ2) is 8.27. The summed E-state index contributed by atoms with van der Waals surface area (Å²) in [6.45, 7) is 0.416. The van der Waals surface area contributed by atoms with Gasteiger partial charge in [-0.05, 0) is 23.3 Å². The molecule has 7 heteroatoms. The van der Waals surface area contributed by atoms with Gasteiger partial charge in [0.15, 0.2) is 0 Å². The molecule has 0 spiro atoms. The van der Waals surface area contributed by atoms with Crippen LogP contribution in [-0.4, -0.2) is 37.7 Å². The van der Waals surface area contributed by atoms with Crippen LogP contribution in [-0.2, 0) is 14.3 Å². The smallest absolute Gasteiger partial charge is 0.337 e. The molecule has 2 amide bonds. The zero-order valence-electron chi connectivity index (χ0n) is 14.7. The van der Waals surface area contributed by atoms with Gasteiger partial charge in [0, 0.05) is 12.5 Å². The summed E-state index contributed by atoms with van der Waals surface area (Å²) in [6.07, 6.45) is 1.45. The molecule has 2 aromatic carbocycles. The number of carbonyl (C=O) groups excluding carboxylic acids is 3. The van der Waals surface area contributed by atoms with Gasteiger partial charge in [-0.2, -0.15) is 5.10 Å². The van der Waals surface area contributed by atoms with Crippen molar-refractivity contribution in [2.24, 2.45) is 11.0 Å². The molecule has 0 aliphatic carbocycles. The van der Waals surface area contributed by atoms with Crippen LogP contribution in [0.2, 0.25) is 0 Å². The minimum atomic E-state index is -0.828. The third kappa shape index (κ3) is 4.20. The third-order valence-corrected chi connectivity index (χ3v) is 4.41. The van der Waals surface area contributed by atoms with Crippen LogP contribution >= 0.6 is 0 Å². The van der Waals surface area contributed by atoms with Gasteiger partial charge in [-0.25, -0.2) is 10.2 Å². The maximum absolute atomic E-state index is 12.5. The standard InChI is InChI=1S/C20H19N3O4/c1-27-20(26)15-9-7-13(8-10-15)11-22-23-19(25)17-16(12-21-18(17)24)14-5-3-2-4-6-14/h2-11,16-17H,12H2,1H3,(H,21,24)(H,23,25)/b22-11+/t16-,17-/m1/s1. The van der Waals surface area contributed by atoms with E-state index < -0.39 is 17.8 Å². The zero-order chi connectivity index (χ0) is 19.2. The molecule has 1 fully saturated rings. The SMILES string of the molecule is COC(=O)c1ccc(/C=N/NC(=O)[C@H]2C(=O)NC[C@@H]2c2ccccc2)cc1. The molecule has 1 saturated heterocycles. The zero-order valence-corrected chi connectivity index (χ0v) is 14.7. The number of hydrogen-bond acceptors (Lipinski definition) is 5. The van der Waals surface area contributed by atoms with Gasteiger partial charge in [-0.15, -0.1) is 0 Å². The summed E-state index contributed by atoms with van der Waals surface area (Å²) in [4.78, 5) is 36.0. The molecule has 1 heterocycles. The molecule has 0 unspecified atom stereocenters. The van der Waals surface area contributed by atoms with Gasteiger partial charge < -0.3 is 10.1 Å². The minimum Gasteiger partial charge on any atom is -0.465 e. The molecule has 3 rings (SSSR count). The van der Waals surface area contributed by atoms with Gasteiger partial charge in [0.25, 0.3) is 5.91 Å². The van der Waals surface area contributed by atoms with Crippen LogP contribution in [0.1, 0.15) is 27.4 Å². The molecule has 0 saturated carbocycles. The Labute approximate surface area is 156 Å². The van der Waals surface area contributed by atoms with Crippen molar-refractivity contribution in [3.63, 3.8) is 0 Å². The Morgan fingerprint density at radius 2 is 1.85 bits per heavy atom. The number of amides is 2. The first-order chi connectivity index (χ1) is 13.1. The Morgan fingerprint density at radius 1 is 1.15 bits per heavy atom. The van der Waals surface area contributed by atoms with Gasteiger partial charge in [0.05, 0.1) is 18.9 Å². The lowest BCUT2D eigenvalue weighted by molar-refractivity contribution is -0.133. The molecule has 0 radical (unpaired) electrons. The summed E-state index contributed by atoms with van der Waals surface area (Å²) in [5, 5.41) is 6.66. The normalized spacial score (nSPS) is 18.9. The van der Waals surface area contributed by atoms with Gasteiger partial charge in [-0.1, -0.05) is 42.5 Å². The van der Waals surface area contributed by atoms with Crippen molar-refractivity contribution in [3.8, 4) is 0 Å². The van der Waals surface area contributed by atoms with E-state index in [1.165, 1.54) is 13.3 Å². The molecule has 7 nitrogen and oxygen atoms in total. The van der Waals surface area contributed by atoms with Gasteiger partial charge in [-0.3, -0.25) is 9.59 Å². The minimum absolute atomic E-state index is 0.228. The van der Waals surface area contributed by atoms with Crippen molar-refractivity contribution in [3.05, 3.63) is 71.3 Å². The number of carbonyl (C=O) groups is 3. The van der Waals surface area contributed by atoms with Crippen LogP contribution in [0.4, 0.5) is 0 Å². The number of nitrogens with one attached hydrogen (secondary N) is 2. The van der Waals surface area contributed by atoms with Crippen molar-refractivity contribution >= 4 is 24.0 Å². The van der Waals surface area contributed by atoms with E-state index in [1.54, 1.807) is 24.3 Å². The van der Waals surface area contributed by atoms with E-state index in [2.05, 4.69) is 20.6 Å². The fraction of sp³-hybridized carbons (Fsp3) is 0.200. The number of nitrogens with zero attached hydrogens (tertiary/aromatic N) is 1. The Kier molecular flexibility index (Phi) is 5.61. The number of benzene rings is 2. The highest BCUT2D eigenvalue weighted by Crippen LogP contribution is 2.28. The fourth-order valence-electron chi connectivity index (χ4n) is 3.00. The number of esters is 1. The Morgan fingerprint density at radius 3 is 2.52 bits per heavy atom. The first-order valence-electron chi connectivity index (χ1n) is 8.44. The monoisotopic (exact) mass is 365 g/mol. The first-order valence-corrected chi connectivity index (χ1v) is 8.44. The summed E-state index contributed by atoms with van der Waals surface area (Å²) in [5.74, 6) is -2.24. The molecule has 1 aliphatic heterocycles. The first kappa shape index (κ1) is 18.3. The molecule has 2 aromatic rings. The van der Waals surface area contributed by atoms with E-state index in [0.29, 0.717) is 17.7 Å². The molecule has 2 atom stereocenters. The van der Waals surface area contributed by atoms with E-state index in [4.69, 9.17) is 0 Å². The van der Waals surface area contributed by atoms with Crippen LogP contribution < -0.4 is 10.7 Å². The molecule has 1 aliphatic rings. The number of ether oxygens (including phenoxy) is 1. The Hall–Kier alpha value is -3.48. The second-order valence-corrected chi connectivity index (χ2v) is 6.09. The highest BCUT2D eigenvalue weighted by atomic mass is 16.5. The number of hydrazone groups is 1. The summed E-state index contributed by atoms with van der Waals surface area (Å²) in [5.41, 5.74) is 4.48. The number of methoxy groups -OCH3 is 1. The molecule has 27 heavy (non-hydrogen) atoms. The fourth-order valence-corrected chi connectivity index (χ4v) is 3.00. The van der Waals surface area contributed by atoms with E-state index in [9.17, 15) is 14.4 Å². The largest absolute Gasteiger partial charge is 0.465 e. The quantitative estimate of drug-likeness (QED) is 0.363. The maximum atomic E-state index is 12.5. The van der Waals surface area contributed by atoms with Gasteiger partial charge >= 0.3 is 5.97 Å². The number of hydrogen-bond donors (Lipinski definition) is 2. The average Bonchev–Trinajstić information content (AvgIpc) is 3.10. The van der Waals surface area contributed by atoms with Crippen molar-refractivity contribution in [1.29, 1.82) is 0 Å². The predicted octanol–water partition coefficient (Wildman–Crippen LogP) is 1.45. The van der Waals surface area contributed by atoms with E-state index in [-0.39, 0.29) is 11.8 Å². The highest BCUT2D eigenvalue weighted by Gasteiger charge is 2.40. The summed E-state index contributed by atoms with van der Waals surface area (Å²) in [6, 6.07) is 16.0. The van der Waals surface area contributed by atoms with Crippen molar-refractivity contribution in [2.75, 3.05) is 13.7 Å². The molecular weight excluding hydrogens is 346 g/mol. The second-order valence-electron chi connectivity index (χ2n) is 6.09. The molecule has 0 aromatic heterocycles. The van der Waals surface area contributed by atoms with Crippen LogP contribution in [0.25, 0.3) is 0 Å². The molecular formula is C20H19N3O4. The Balaban J connectivity index is 1.65. The third-order valence-electron chi connectivity index (χ3n) is 4.41. The van der Waals surface area contributed by atoms with Crippen molar-refractivity contribution in [1.82, 2.24) is 10.7 Å². The average molecular weight is 365 g/mol. The van der Waals surface area contributed by atoms with E-state index in [1.807, 2.05) is 30.3 Å². The lowest BCUT2D eigenvalue weighted by atomic mass is 9.88. The lowest BCUT2D eigenvalue weighted by Gasteiger charge is -2.15. The van der Waals surface area contributed by atoms with Crippen molar-refractivity contribution in [2.45, 2.75) is 5.92 Å². The molecule has 2 N–H and O–H groups in total. The summed E-state index contributed by atoms with van der Waals surface area (Å²) < 4.78 is 4.63. The lowest BCUT2D eigenvalue weighted by Crippen LogP contribution is -2.34.